The van der Waals surface area contributed by atoms with E-state index in [2.05, 4.69) is 31.3 Å². The maximum absolute atomic E-state index is 12.2. The van der Waals surface area contributed by atoms with Crippen LogP contribution >= 0.6 is 0 Å². The summed E-state index contributed by atoms with van der Waals surface area (Å²) in [6, 6.07) is 17.7. The van der Waals surface area contributed by atoms with Crippen LogP contribution in [0.15, 0.2) is 54.6 Å². The average molecular weight is 326 g/mol. The molecule has 1 unspecified atom stereocenters. The van der Waals surface area contributed by atoms with Crippen molar-refractivity contribution >= 4 is 6.03 Å². The smallest absolute Gasteiger partial charge is 0.320 e. The Morgan fingerprint density at radius 1 is 1.04 bits per heavy atom. The monoisotopic (exact) mass is 326 g/mol. The van der Waals surface area contributed by atoms with Gasteiger partial charge >= 0.3 is 6.03 Å². The van der Waals surface area contributed by atoms with Gasteiger partial charge in [-0.05, 0) is 36.1 Å². The zero-order valence-corrected chi connectivity index (χ0v) is 14.8. The lowest BCUT2D eigenvalue weighted by atomic mass is 10.0. The Labute approximate surface area is 144 Å². The number of nitrogens with one attached hydrogen (secondary N) is 1. The van der Waals surface area contributed by atoms with Gasteiger partial charge in [-0.15, -0.1) is 0 Å². The maximum Gasteiger partial charge on any atom is 0.320 e. The molecule has 128 valence electrons. The van der Waals surface area contributed by atoms with Crippen LogP contribution in [0.25, 0.3) is 0 Å². The number of carbonyl (C=O) groups is 1. The number of hydrogen-bond donors (Lipinski definition) is 1. The molecule has 0 saturated heterocycles. The van der Waals surface area contributed by atoms with Gasteiger partial charge in [-0.3, -0.25) is 0 Å². The number of ether oxygens (including phenoxy) is 1. The third kappa shape index (κ3) is 5.30. The van der Waals surface area contributed by atoms with E-state index in [1.807, 2.05) is 49.4 Å². The maximum atomic E-state index is 12.2. The molecule has 24 heavy (non-hydrogen) atoms. The second kappa shape index (κ2) is 8.39. The van der Waals surface area contributed by atoms with E-state index in [9.17, 15) is 4.79 Å². The Bertz CT molecular complexity index is 638. The van der Waals surface area contributed by atoms with Crippen molar-refractivity contribution in [1.82, 2.24) is 10.2 Å². The van der Waals surface area contributed by atoms with E-state index in [4.69, 9.17) is 4.74 Å². The normalized spacial score (nSPS) is 11.9. The topological polar surface area (TPSA) is 41.6 Å². The Morgan fingerprint density at radius 2 is 1.67 bits per heavy atom. The highest BCUT2D eigenvalue weighted by Crippen LogP contribution is 2.19. The number of urea groups is 1. The minimum absolute atomic E-state index is 0.162. The summed E-state index contributed by atoms with van der Waals surface area (Å²) in [6.07, 6.45) is -0.402. The molecule has 4 heteroatoms. The van der Waals surface area contributed by atoms with Gasteiger partial charge in [0.15, 0.2) is 6.23 Å². The largest absolute Gasteiger partial charge is 0.471 e. The molecular formula is C20H26N2O2. The van der Waals surface area contributed by atoms with Crippen molar-refractivity contribution in [2.75, 3.05) is 7.05 Å². The molecule has 4 nitrogen and oxygen atoms in total. The molecule has 0 heterocycles. The van der Waals surface area contributed by atoms with Gasteiger partial charge in [-0.2, -0.15) is 0 Å². The van der Waals surface area contributed by atoms with Gasteiger partial charge in [0.2, 0.25) is 0 Å². The first kappa shape index (κ1) is 17.9. The first-order valence-electron chi connectivity index (χ1n) is 8.28. The molecule has 0 aliphatic rings. The minimum Gasteiger partial charge on any atom is -0.471 e. The summed E-state index contributed by atoms with van der Waals surface area (Å²) in [5, 5.41) is 2.85. The molecule has 0 aliphatic carbocycles. The summed E-state index contributed by atoms with van der Waals surface area (Å²) in [7, 11) is 1.77. The molecule has 2 rings (SSSR count). The number of rotatable bonds is 6. The lowest BCUT2D eigenvalue weighted by Gasteiger charge is -2.22. The summed E-state index contributed by atoms with van der Waals surface area (Å²) >= 11 is 0. The summed E-state index contributed by atoms with van der Waals surface area (Å²) < 4.78 is 5.76. The zero-order chi connectivity index (χ0) is 17.5. The SMILES string of the molecule is CC(NC(=O)N(C)Cc1ccccc1)Oc1ccc(C(C)C)cc1. The van der Waals surface area contributed by atoms with E-state index in [-0.39, 0.29) is 6.03 Å². The molecule has 0 saturated carbocycles. The van der Waals surface area contributed by atoms with E-state index in [1.165, 1.54) is 5.56 Å². The average Bonchev–Trinajstić information content (AvgIpc) is 2.56. The lowest BCUT2D eigenvalue weighted by molar-refractivity contribution is 0.158. The van der Waals surface area contributed by atoms with Crippen LogP contribution in [-0.2, 0) is 6.54 Å². The third-order valence-corrected chi connectivity index (χ3v) is 3.80. The van der Waals surface area contributed by atoms with Crippen molar-refractivity contribution < 1.29 is 9.53 Å². The van der Waals surface area contributed by atoms with Crippen molar-refractivity contribution in [2.45, 2.75) is 39.5 Å². The summed E-state index contributed by atoms with van der Waals surface area (Å²) in [5.74, 6) is 1.24. The van der Waals surface area contributed by atoms with Crippen LogP contribution in [-0.4, -0.2) is 24.2 Å². The lowest BCUT2D eigenvalue weighted by Crippen LogP contribution is -2.43. The van der Waals surface area contributed by atoms with Crippen molar-refractivity contribution in [3.05, 3.63) is 65.7 Å². The van der Waals surface area contributed by atoms with Crippen molar-refractivity contribution in [3.8, 4) is 5.75 Å². The molecule has 1 atom stereocenters. The first-order valence-corrected chi connectivity index (χ1v) is 8.28. The van der Waals surface area contributed by atoms with E-state index < -0.39 is 6.23 Å². The van der Waals surface area contributed by atoms with Crippen LogP contribution in [0.5, 0.6) is 5.75 Å². The van der Waals surface area contributed by atoms with Gasteiger partial charge < -0.3 is 15.0 Å². The molecule has 0 aromatic heterocycles. The molecule has 0 bridgehead atoms. The van der Waals surface area contributed by atoms with Crippen molar-refractivity contribution in [1.29, 1.82) is 0 Å². The van der Waals surface area contributed by atoms with Gasteiger partial charge in [0.05, 0.1) is 0 Å². The Hall–Kier alpha value is -2.49. The number of nitrogens with zero attached hydrogens (tertiary/aromatic N) is 1. The van der Waals surface area contributed by atoms with Gasteiger partial charge in [0.25, 0.3) is 0 Å². The molecule has 1 N–H and O–H groups in total. The standard InChI is InChI=1S/C20H26N2O2/c1-15(2)18-10-12-19(13-11-18)24-16(3)21-20(23)22(4)14-17-8-6-5-7-9-17/h5-13,15-16H,14H2,1-4H3,(H,21,23). The molecule has 2 aromatic rings. The quantitative estimate of drug-likeness (QED) is 0.801. The summed E-state index contributed by atoms with van der Waals surface area (Å²) in [5.41, 5.74) is 2.36. The number of amides is 2. The van der Waals surface area contributed by atoms with Crippen LogP contribution < -0.4 is 10.1 Å². The van der Waals surface area contributed by atoms with Crippen LogP contribution in [0.4, 0.5) is 4.79 Å². The van der Waals surface area contributed by atoms with Crippen molar-refractivity contribution in [2.24, 2.45) is 0 Å². The highest BCUT2D eigenvalue weighted by atomic mass is 16.5. The Balaban J connectivity index is 1.84. The summed E-state index contributed by atoms with van der Waals surface area (Å²) in [4.78, 5) is 13.9. The van der Waals surface area contributed by atoms with Crippen LogP contribution in [0.1, 0.15) is 37.8 Å². The molecule has 0 aliphatic heterocycles. The molecule has 0 radical (unpaired) electrons. The van der Waals surface area contributed by atoms with Gasteiger partial charge in [0.1, 0.15) is 5.75 Å². The number of hydrogen-bond acceptors (Lipinski definition) is 2. The third-order valence-electron chi connectivity index (χ3n) is 3.80. The predicted octanol–water partition coefficient (Wildman–Crippen LogP) is 4.38. The molecule has 0 spiro atoms. The highest BCUT2D eigenvalue weighted by Gasteiger charge is 2.13. The highest BCUT2D eigenvalue weighted by molar-refractivity contribution is 5.74. The fourth-order valence-electron chi connectivity index (χ4n) is 2.38. The number of carbonyl (C=O) groups excluding carboxylic acids is 1. The summed E-state index contributed by atoms with van der Waals surface area (Å²) in [6.45, 7) is 6.69. The molecule has 0 fully saturated rings. The molecule has 2 amide bonds. The fourth-order valence-corrected chi connectivity index (χ4v) is 2.38. The minimum atomic E-state index is -0.402. The van der Waals surface area contributed by atoms with Crippen LogP contribution in [0.3, 0.4) is 0 Å². The van der Waals surface area contributed by atoms with Crippen LogP contribution in [0.2, 0.25) is 0 Å². The van der Waals surface area contributed by atoms with E-state index in [0.717, 1.165) is 11.3 Å². The molecule has 2 aromatic carbocycles. The van der Waals surface area contributed by atoms with Gasteiger partial charge in [-0.1, -0.05) is 56.3 Å². The van der Waals surface area contributed by atoms with E-state index >= 15 is 0 Å². The Morgan fingerprint density at radius 3 is 2.25 bits per heavy atom. The predicted molar refractivity (Wildman–Crippen MR) is 97.1 cm³/mol. The van der Waals surface area contributed by atoms with Gasteiger partial charge in [0, 0.05) is 13.6 Å². The molecular weight excluding hydrogens is 300 g/mol. The Kier molecular flexibility index (Phi) is 6.24. The van der Waals surface area contributed by atoms with Crippen LogP contribution in [0, 0.1) is 0 Å². The number of benzene rings is 2. The zero-order valence-electron chi connectivity index (χ0n) is 14.8. The fraction of sp³-hybridized carbons (Fsp3) is 0.350. The van der Waals surface area contributed by atoms with Crippen molar-refractivity contribution in [3.63, 3.8) is 0 Å². The first-order chi connectivity index (χ1) is 11.5. The van der Waals surface area contributed by atoms with E-state index in [1.54, 1.807) is 11.9 Å². The van der Waals surface area contributed by atoms with E-state index in [0.29, 0.717) is 12.5 Å². The van der Waals surface area contributed by atoms with Gasteiger partial charge in [-0.25, -0.2) is 4.79 Å². The second-order valence-corrected chi connectivity index (χ2v) is 6.27. The second-order valence-electron chi connectivity index (χ2n) is 6.27.